The Balaban J connectivity index is 1.93. The van der Waals surface area contributed by atoms with E-state index in [0.29, 0.717) is 42.5 Å². The molecule has 0 saturated heterocycles. The van der Waals surface area contributed by atoms with Crippen LogP contribution < -0.4 is 0 Å². The van der Waals surface area contributed by atoms with E-state index in [1.807, 2.05) is 4.90 Å². The number of carbonyl (C=O) groups excluding carboxylic acids is 1. The maximum absolute atomic E-state index is 12.5. The predicted octanol–water partition coefficient (Wildman–Crippen LogP) is 2.82. The van der Waals surface area contributed by atoms with Crippen molar-refractivity contribution in [2.75, 3.05) is 13.1 Å². The van der Waals surface area contributed by atoms with Gasteiger partial charge in [0.15, 0.2) is 0 Å². The Kier molecular flexibility index (Phi) is 4.27. The van der Waals surface area contributed by atoms with Crippen LogP contribution in [0.5, 0.6) is 0 Å². The van der Waals surface area contributed by atoms with Gasteiger partial charge in [0.05, 0.1) is 12.5 Å². The molecule has 0 aliphatic heterocycles. The summed E-state index contributed by atoms with van der Waals surface area (Å²) in [5.74, 6) is 2.44. The molecular weight excluding hydrogens is 224 g/mol. The minimum Gasteiger partial charge on any atom is -0.341 e. The molecular formula is C15H24N2O. The van der Waals surface area contributed by atoms with Gasteiger partial charge in [0.2, 0.25) is 5.91 Å². The number of carbonyl (C=O) groups is 1. The van der Waals surface area contributed by atoms with E-state index in [1.165, 1.54) is 25.7 Å². The molecule has 1 amide bonds. The Hall–Kier alpha value is -1.04. The zero-order chi connectivity index (χ0) is 13.1. The van der Waals surface area contributed by atoms with Crippen LogP contribution >= 0.6 is 0 Å². The summed E-state index contributed by atoms with van der Waals surface area (Å²) in [6, 6.07) is 2.15. The third kappa shape index (κ3) is 2.85. The molecule has 3 nitrogen and oxygen atoms in total. The first-order valence-electron chi connectivity index (χ1n) is 7.31. The van der Waals surface area contributed by atoms with Gasteiger partial charge in [-0.15, -0.1) is 0 Å². The molecule has 0 aromatic rings. The standard InChI is InChI=1S/C15H24N2O/c1-11(2)10-17(9-5-8-16)15(18)14-12-6-3-4-7-13(12)14/h11-14H,3-7,9-10H2,1-2H3. The van der Waals surface area contributed by atoms with E-state index in [-0.39, 0.29) is 0 Å². The Morgan fingerprint density at radius 2 is 1.94 bits per heavy atom. The van der Waals surface area contributed by atoms with Crippen LogP contribution in [-0.2, 0) is 4.79 Å². The van der Waals surface area contributed by atoms with Crippen LogP contribution in [0.2, 0.25) is 0 Å². The second kappa shape index (κ2) is 5.73. The molecule has 0 N–H and O–H groups in total. The topological polar surface area (TPSA) is 44.1 Å². The Bertz CT molecular complexity index is 333. The third-order valence-electron chi connectivity index (χ3n) is 4.33. The van der Waals surface area contributed by atoms with Gasteiger partial charge in [-0.1, -0.05) is 26.7 Å². The fourth-order valence-corrected chi connectivity index (χ4v) is 3.49. The number of nitriles is 1. The first-order chi connectivity index (χ1) is 8.65. The van der Waals surface area contributed by atoms with E-state index in [2.05, 4.69) is 19.9 Å². The van der Waals surface area contributed by atoms with Crippen molar-refractivity contribution in [2.45, 2.75) is 46.0 Å². The number of nitrogens with zero attached hydrogens (tertiary/aromatic N) is 2. The zero-order valence-corrected chi connectivity index (χ0v) is 11.6. The molecule has 18 heavy (non-hydrogen) atoms. The monoisotopic (exact) mass is 248 g/mol. The Morgan fingerprint density at radius 3 is 2.44 bits per heavy atom. The number of rotatable bonds is 5. The van der Waals surface area contributed by atoms with E-state index < -0.39 is 0 Å². The van der Waals surface area contributed by atoms with E-state index in [9.17, 15) is 4.79 Å². The fraction of sp³-hybridized carbons (Fsp3) is 0.867. The molecule has 3 heteroatoms. The molecule has 2 fully saturated rings. The van der Waals surface area contributed by atoms with Gasteiger partial charge in [0.25, 0.3) is 0 Å². The Labute approximate surface area is 110 Å². The van der Waals surface area contributed by atoms with Gasteiger partial charge in [0.1, 0.15) is 0 Å². The van der Waals surface area contributed by atoms with Gasteiger partial charge >= 0.3 is 0 Å². The number of hydrogen-bond acceptors (Lipinski definition) is 2. The highest BCUT2D eigenvalue weighted by Crippen LogP contribution is 2.56. The predicted molar refractivity (Wildman–Crippen MR) is 70.6 cm³/mol. The molecule has 2 rings (SSSR count). The van der Waals surface area contributed by atoms with Crippen molar-refractivity contribution in [3.05, 3.63) is 0 Å². The average Bonchev–Trinajstić information content (AvgIpc) is 3.07. The highest BCUT2D eigenvalue weighted by Gasteiger charge is 2.55. The lowest BCUT2D eigenvalue weighted by Gasteiger charge is -2.24. The molecule has 2 aliphatic carbocycles. The van der Waals surface area contributed by atoms with Crippen molar-refractivity contribution in [1.82, 2.24) is 4.90 Å². The second-order valence-electron chi connectivity index (χ2n) is 6.22. The molecule has 2 atom stereocenters. The zero-order valence-electron chi connectivity index (χ0n) is 11.6. The molecule has 0 aromatic heterocycles. The molecule has 2 aliphatic rings. The van der Waals surface area contributed by atoms with Crippen LogP contribution in [-0.4, -0.2) is 23.9 Å². The van der Waals surface area contributed by atoms with E-state index in [1.54, 1.807) is 0 Å². The summed E-state index contributed by atoms with van der Waals surface area (Å²) in [5, 5.41) is 8.70. The number of hydrogen-bond donors (Lipinski definition) is 0. The Morgan fingerprint density at radius 1 is 1.33 bits per heavy atom. The average molecular weight is 248 g/mol. The van der Waals surface area contributed by atoms with Gasteiger partial charge in [0, 0.05) is 19.0 Å². The van der Waals surface area contributed by atoms with Gasteiger partial charge in [-0.25, -0.2) is 0 Å². The van der Waals surface area contributed by atoms with Crippen molar-refractivity contribution < 1.29 is 4.79 Å². The van der Waals surface area contributed by atoms with Crippen molar-refractivity contribution in [2.24, 2.45) is 23.7 Å². The minimum absolute atomic E-state index is 0.296. The molecule has 2 saturated carbocycles. The van der Waals surface area contributed by atoms with Gasteiger partial charge in [-0.05, 0) is 30.6 Å². The van der Waals surface area contributed by atoms with E-state index in [4.69, 9.17) is 5.26 Å². The van der Waals surface area contributed by atoms with Crippen LogP contribution in [0.4, 0.5) is 0 Å². The largest absolute Gasteiger partial charge is 0.341 e. The normalized spacial score (nSPS) is 29.6. The number of amides is 1. The minimum atomic E-state index is 0.296. The van der Waals surface area contributed by atoms with Gasteiger partial charge in [-0.2, -0.15) is 5.26 Å². The van der Waals surface area contributed by atoms with E-state index >= 15 is 0 Å². The molecule has 100 valence electrons. The van der Waals surface area contributed by atoms with E-state index in [0.717, 1.165) is 6.54 Å². The summed E-state index contributed by atoms with van der Waals surface area (Å²) in [7, 11) is 0. The molecule has 0 aromatic carbocycles. The third-order valence-corrected chi connectivity index (χ3v) is 4.33. The quantitative estimate of drug-likeness (QED) is 0.751. The lowest BCUT2D eigenvalue weighted by Crippen LogP contribution is -2.36. The lowest BCUT2D eigenvalue weighted by atomic mass is 10.0. The summed E-state index contributed by atoms with van der Waals surface area (Å²) in [6.45, 7) is 5.68. The molecule has 2 unspecified atom stereocenters. The lowest BCUT2D eigenvalue weighted by molar-refractivity contribution is -0.133. The maximum atomic E-state index is 12.5. The highest BCUT2D eigenvalue weighted by molar-refractivity contribution is 5.82. The first kappa shape index (κ1) is 13.4. The van der Waals surface area contributed by atoms with Crippen molar-refractivity contribution >= 4 is 5.91 Å². The summed E-state index contributed by atoms with van der Waals surface area (Å²) in [4.78, 5) is 14.5. The number of fused-ring (bicyclic) bond motifs is 1. The van der Waals surface area contributed by atoms with Crippen LogP contribution in [0.25, 0.3) is 0 Å². The van der Waals surface area contributed by atoms with Gasteiger partial charge in [-0.3, -0.25) is 4.79 Å². The van der Waals surface area contributed by atoms with Crippen LogP contribution in [0.1, 0.15) is 46.0 Å². The molecule has 0 bridgehead atoms. The summed E-state index contributed by atoms with van der Waals surface area (Å²) < 4.78 is 0. The first-order valence-corrected chi connectivity index (χ1v) is 7.31. The van der Waals surface area contributed by atoms with Crippen molar-refractivity contribution in [1.29, 1.82) is 5.26 Å². The smallest absolute Gasteiger partial charge is 0.226 e. The highest BCUT2D eigenvalue weighted by atomic mass is 16.2. The summed E-state index contributed by atoms with van der Waals surface area (Å²) in [5.41, 5.74) is 0. The van der Waals surface area contributed by atoms with Crippen LogP contribution in [0.15, 0.2) is 0 Å². The van der Waals surface area contributed by atoms with Crippen LogP contribution in [0.3, 0.4) is 0 Å². The van der Waals surface area contributed by atoms with Crippen molar-refractivity contribution in [3.8, 4) is 6.07 Å². The van der Waals surface area contributed by atoms with Crippen LogP contribution in [0, 0.1) is 35.0 Å². The molecule has 0 heterocycles. The fourth-order valence-electron chi connectivity index (χ4n) is 3.49. The summed E-state index contributed by atoms with van der Waals surface area (Å²) >= 11 is 0. The summed E-state index contributed by atoms with van der Waals surface area (Å²) in [6.07, 6.45) is 5.55. The molecule has 0 spiro atoms. The molecule has 0 radical (unpaired) electrons. The van der Waals surface area contributed by atoms with Crippen molar-refractivity contribution in [3.63, 3.8) is 0 Å². The second-order valence-corrected chi connectivity index (χ2v) is 6.22. The SMILES string of the molecule is CC(C)CN(CCC#N)C(=O)C1C2CCCCC21. The van der Waals surface area contributed by atoms with Gasteiger partial charge < -0.3 is 4.90 Å². The maximum Gasteiger partial charge on any atom is 0.226 e.